The van der Waals surface area contributed by atoms with Gasteiger partial charge in [0.25, 0.3) is 0 Å². The third-order valence-electron chi connectivity index (χ3n) is 3.21. The van der Waals surface area contributed by atoms with Crippen molar-refractivity contribution in [2.75, 3.05) is 19.8 Å². The highest BCUT2D eigenvalue weighted by atomic mass is 16.6. The molecule has 0 saturated heterocycles. The van der Waals surface area contributed by atoms with E-state index >= 15 is 0 Å². The van der Waals surface area contributed by atoms with Crippen molar-refractivity contribution in [2.24, 2.45) is 0 Å². The molecule has 0 aromatic heterocycles. The second kappa shape index (κ2) is 8.65. The quantitative estimate of drug-likeness (QED) is 0.261. The lowest BCUT2D eigenvalue weighted by molar-refractivity contribution is -0.151. The van der Waals surface area contributed by atoms with Gasteiger partial charge < -0.3 is 19.3 Å². The van der Waals surface area contributed by atoms with Gasteiger partial charge in [0.1, 0.15) is 11.5 Å². The zero-order chi connectivity index (χ0) is 18.2. The van der Waals surface area contributed by atoms with Crippen LogP contribution in [0.4, 0.5) is 0 Å². The van der Waals surface area contributed by atoms with E-state index in [9.17, 15) is 14.7 Å². The SMILES string of the molecule is C=CCOCC(=C)C(=O)OCC(=O)Oc1ccc(O)c2ccccc12. The number of hydrogen-bond donors (Lipinski definition) is 1. The monoisotopic (exact) mass is 342 g/mol. The minimum atomic E-state index is -0.746. The Labute approximate surface area is 144 Å². The standard InChI is InChI=1S/C19H18O6/c1-3-10-23-11-13(2)19(22)24-12-18(21)25-17-9-8-16(20)14-6-4-5-7-15(14)17/h3-9,20H,1-2,10-12H2. The first-order valence-electron chi connectivity index (χ1n) is 7.48. The molecule has 0 radical (unpaired) electrons. The summed E-state index contributed by atoms with van der Waals surface area (Å²) < 4.78 is 15.1. The molecule has 0 aliphatic heterocycles. The minimum Gasteiger partial charge on any atom is -0.507 e. The van der Waals surface area contributed by atoms with Crippen molar-refractivity contribution in [3.05, 3.63) is 61.2 Å². The lowest BCUT2D eigenvalue weighted by Crippen LogP contribution is -2.20. The molecule has 1 N–H and O–H groups in total. The van der Waals surface area contributed by atoms with Crippen LogP contribution in [0.15, 0.2) is 61.2 Å². The molecule has 2 aromatic carbocycles. The lowest BCUT2D eigenvalue weighted by Gasteiger charge is -2.10. The van der Waals surface area contributed by atoms with Crippen LogP contribution in [-0.2, 0) is 19.1 Å². The van der Waals surface area contributed by atoms with Gasteiger partial charge in [-0.15, -0.1) is 6.58 Å². The van der Waals surface area contributed by atoms with E-state index in [0.29, 0.717) is 10.8 Å². The highest BCUT2D eigenvalue weighted by Crippen LogP contribution is 2.32. The fourth-order valence-corrected chi connectivity index (χ4v) is 2.05. The predicted octanol–water partition coefficient (Wildman–Crippen LogP) is 2.75. The molecule has 2 aromatic rings. The summed E-state index contributed by atoms with van der Waals surface area (Å²) in [5.41, 5.74) is 0.0877. The van der Waals surface area contributed by atoms with E-state index in [-0.39, 0.29) is 30.3 Å². The molecular formula is C19H18O6. The Morgan fingerprint density at radius 2 is 1.80 bits per heavy atom. The van der Waals surface area contributed by atoms with Gasteiger partial charge in [0.05, 0.1) is 18.8 Å². The Balaban J connectivity index is 1.93. The number of fused-ring (bicyclic) bond motifs is 1. The molecule has 0 bridgehead atoms. The molecular weight excluding hydrogens is 324 g/mol. The molecule has 0 fully saturated rings. The first kappa shape index (κ1) is 18.2. The van der Waals surface area contributed by atoms with Crippen molar-refractivity contribution in [1.82, 2.24) is 0 Å². The molecule has 0 aliphatic rings. The Bertz CT molecular complexity index is 809. The highest BCUT2D eigenvalue weighted by molar-refractivity contribution is 5.95. The Hall–Kier alpha value is -3.12. The third-order valence-corrected chi connectivity index (χ3v) is 3.21. The molecule has 130 valence electrons. The molecule has 0 spiro atoms. The molecule has 0 saturated carbocycles. The fourth-order valence-electron chi connectivity index (χ4n) is 2.05. The highest BCUT2D eigenvalue weighted by Gasteiger charge is 2.14. The maximum atomic E-state index is 11.9. The Morgan fingerprint density at radius 1 is 1.08 bits per heavy atom. The first-order valence-corrected chi connectivity index (χ1v) is 7.48. The van der Waals surface area contributed by atoms with Gasteiger partial charge in [-0.25, -0.2) is 9.59 Å². The summed E-state index contributed by atoms with van der Waals surface area (Å²) in [6.45, 7) is 6.71. The molecule has 0 atom stereocenters. The molecule has 25 heavy (non-hydrogen) atoms. The number of rotatable bonds is 8. The fraction of sp³-hybridized carbons (Fsp3) is 0.158. The molecule has 6 nitrogen and oxygen atoms in total. The molecule has 6 heteroatoms. The molecule has 0 heterocycles. The topological polar surface area (TPSA) is 82.1 Å². The van der Waals surface area contributed by atoms with Crippen LogP contribution in [0.2, 0.25) is 0 Å². The zero-order valence-electron chi connectivity index (χ0n) is 13.6. The molecule has 0 aliphatic carbocycles. The van der Waals surface area contributed by atoms with Gasteiger partial charge in [-0.2, -0.15) is 0 Å². The Morgan fingerprint density at radius 3 is 2.52 bits per heavy atom. The molecule has 0 unspecified atom stereocenters. The summed E-state index contributed by atoms with van der Waals surface area (Å²) in [4.78, 5) is 23.6. The number of aromatic hydroxyl groups is 1. The van der Waals surface area contributed by atoms with E-state index < -0.39 is 18.5 Å². The van der Waals surface area contributed by atoms with Crippen LogP contribution in [0.25, 0.3) is 10.8 Å². The summed E-state index contributed by atoms with van der Waals surface area (Å²) in [6, 6.07) is 9.83. The van der Waals surface area contributed by atoms with Crippen molar-refractivity contribution in [3.63, 3.8) is 0 Å². The van der Waals surface area contributed by atoms with E-state index in [2.05, 4.69) is 13.2 Å². The number of esters is 2. The van der Waals surface area contributed by atoms with E-state index in [0.717, 1.165) is 0 Å². The molecule has 2 rings (SSSR count). The van der Waals surface area contributed by atoms with Crippen LogP contribution in [-0.4, -0.2) is 36.9 Å². The number of hydrogen-bond acceptors (Lipinski definition) is 6. The van der Waals surface area contributed by atoms with Gasteiger partial charge in [-0.1, -0.05) is 36.9 Å². The largest absolute Gasteiger partial charge is 0.507 e. The zero-order valence-corrected chi connectivity index (χ0v) is 13.6. The van der Waals surface area contributed by atoms with Crippen LogP contribution < -0.4 is 4.74 Å². The van der Waals surface area contributed by atoms with Crippen molar-refractivity contribution >= 4 is 22.7 Å². The predicted molar refractivity (Wildman–Crippen MR) is 92.4 cm³/mol. The first-order chi connectivity index (χ1) is 12.0. The van der Waals surface area contributed by atoms with Crippen molar-refractivity contribution in [1.29, 1.82) is 0 Å². The third kappa shape index (κ3) is 4.92. The smallest absolute Gasteiger partial charge is 0.349 e. The summed E-state index contributed by atoms with van der Waals surface area (Å²) >= 11 is 0. The maximum absolute atomic E-state index is 11.9. The summed E-state index contributed by atoms with van der Waals surface area (Å²) in [7, 11) is 0. The van der Waals surface area contributed by atoms with Crippen LogP contribution in [0.5, 0.6) is 11.5 Å². The van der Waals surface area contributed by atoms with Gasteiger partial charge in [0.15, 0.2) is 6.61 Å². The summed E-state index contributed by atoms with van der Waals surface area (Å²) in [6.07, 6.45) is 1.54. The lowest BCUT2D eigenvalue weighted by atomic mass is 10.1. The van der Waals surface area contributed by atoms with E-state index in [4.69, 9.17) is 14.2 Å². The van der Waals surface area contributed by atoms with E-state index in [1.54, 1.807) is 24.3 Å². The summed E-state index contributed by atoms with van der Waals surface area (Å²) in [5.74, 6) is -1.14. The minimum absolute atomic E-state index is 0.0114. The van der Waals surface area contributed by atoms with Crippen LogP contribution in [0.3, 0.4) is 0 Å². The van der Waals surface area contributed by atoms with Gasteiger partial charge in [-0.05, 0) is 12.1 Å². The van der Waals surface area contributed by atoms with Crippen LogP contribution >= 0.6 is 0 Å². The number of phenolic OH excluding ortho intramolecular Hbond substituents is 1. The van der Waals surface area contributed by atoms with E-state index in [1.807, 2.05) is 0 Å². The number of phenols is 1. The number of benzene rings is 2. The average Bonchev–Trinajstić information content (AvgIpc) is 2.62. The van der Waals surface area contributed by atoms with Crippen molar-refractivity contribution in [3.8, 4) is 11.5 Å². The second-order valence-electron chi connectivity index (χ2n) is 5.09. The number of ether oxygens (including phenoxy) is 3. The average molecular weight is 342 g/mol. The normalized spacial score (nSPS) is 10.2. The molecule has 0 amide bonds. The maximum Gasteiger partial charge on any atom is 0.349 e. The summed E-state index contributed by atoms with van der Waals surface area (Å²) in [5, 5.41) is 10.9. The second-order valence-corrected chi connectivity index (χ2v) is 5.09. The van der Waals surface area contributed by atoms with Gasteiger partial charge in [0.2, 0.25) is 0 Å². The number of carbonyl (C=O) groups excluding carboxylic acids is 2. The van der Waals surface area contributed by atoms with Crippen molar-refractivity contribution in [2.45, 2.75) is 0 Å². The number of carbonyl (C=O) groups is 2. The van der Waals surface area contributed by atoms with Crippen LogP contribution in [0.1, 0.15) is 0 Å². The van der Waals surface area contributed by atoms with Gasteiger partial charge in [-0.3, -0.25) is 0 Å². The van der Waals surface area contributed by atoms with Gasteiger partial charge >= 0.3 is 11.9 Å². The van der Waals surface area contributed by atoms with Crippen molar-refractivity contribution < 1.29 is 28.9 Å². The van der Waals surface area contributed by atoms with Crippen LogP contribution in [0, 0.1) is 0 Å². The van der Waals surface area contributed by atoms with Gasteiger partial charge in [0, 0.05) is 10.8 Å². The van der Waals surface area contributed by atoms with E-state index in [1.165, 1.54) is 18.2 Å². The Kier molecular flexibility index (Phi) is 6.31.